The van der Waals surface area contributed by atoms with E-state index < -0.39 is 72.6 Å². The van der Waals surface area contributed by atoms with Crippen LogP contribution in [0.5, 0.6) is 0 Å². The summed E-state index contributed by atoms with van der Waals surface area (Å²) in [6.07, 6.45) is -5.55. The Labute approximate surface area is 180 Å². The zero-order chi connectivity index (χ0) is 18.6. The van der Waals surface area contributed by atoms with Crippen LogP contribution in [0.2, 0.25) is 0 Å². The maximum atomic E-state index is 10.5. The Morgan fingerprint density at radius 1 is 0.760 bits per heavy atom. The van der Waals surface area contributed by atoms with Crippen molar-refractivity contribution in [1.82, 2.24) is 0 Å². The van der Waals surface area contributed by atoms with Gasteiger partial charge in [0, 0.05) is 0 Å². The second-order valence-electron chi connectivity index (χ2n) is 4.62. The number of esters is 2. The Balaban J connectivity index is 0.000000443. The minimum absolute atomic E-state index is 0. The summed E-state index contributed by atoms with van der Waals surface area (Å²) in [7, 11) is 0. The second kappa shape index (κ2) is 10.2. The number of hydrogen-bond acceptors (Lipinski definition) is 12. The first-order valence-corrected chi connectivity index (χ1v) is 6.39. The minimum Gasteiger partial charge on any atom is -0.505 e. The van der Waals surface area contributed by atoms with Crippen LogP contribution >= 0.6 is 0 Å². The summed E-state index contributed by atoms with van der Waals surface area (Å²) in [5.41, 5.74) is 0. The summed E-state index contributed by atoms with van der Waals surface area (Å²) in [4.78, 5) is 21.1. The van der Waals surface area contributed by atoms with Gasteiger partial charge in [-0.15, -0.1) is 0 Å². The molecule has 0 aromatic carbocycles. The van der Waals surface area contributed by atoms with Gasteiger partial charge in [0.05, 0.1) is 13.2 Å². The molecule has 2 aliphatic heterocycles. The number of rotatable bonds is 4. The van der Waals surface area contributed by atoms with E-state index in [1.807, 2.05) is 0 Å². The molecule has 2 heterocycles. The molecular weight excluding hydrogens is 473 g/mol. The average molecular weight is 490 g/mol. The van der Waals surface area contributed by atoms with Gasteiger partial charge in [0.1, 0.15) is 12.2 Å². The fraction of sp³-hybridized carbons (Fsp3) is 0.500. The molecule has 25 heavy (non-hydrogen) atoms. The van der Waals surface area contributed by atoms with Gasteiger partial charge in [-0.2, -0.15) is 0 Å². The van der Waals surface area contributed by atoms with Crippen LogP contribution in [0.15, 0.2) is 23.0 Å². The number of aliphatic hydroxyl groups excluding tert-OH is 8. The molecule has 0 radical (unpaired) electrons. The molecule has 2 rings (SSSR count). The molecule has 12 nitrogen and oxygen atoms in total. The first-order valence-electron chi connectivity index (χ1n) is 6.39. The molecule has 0 spiro atoms. The average Bonchev–Trinajstić information content (AvgIpc) is 2.98. The smallest absolute Gasteiger partial charge is 0.505 e. The molecule has 0 amide bonds. The van der Waals surface area contributed by atoms with E-state index in [0.29, 0.717) is 0 Å². The number of cyclic esters (lactones) is 2. The molecule has 0 aromatic heterocycles. The number of carbonyl (C=O) groups is 2. The van der Waals surface area contributed by atoms with Gasteiger partial charge in [0.25, 0.3) is 0 Å². The summed E-state index contributed by atoms with van der Waals surface area (Å²) in [5.74, 6) is -5.56. The SMILES string of the molecule is O=C1O[C@H]([C@H](O)CO)C(O)=C1O.O=C1O[C@H]([C@H](O)CO)C(O)=C1O.[Ba+2]. The number of ether oxygens (including phenoxy) is 2. The molecule has 13 heteroatoms. The van der Waals surface area contributed by atoms with Crippen LogP contribution in [0.3, 0.4) is 0 Å². The molecule has 8 N–H and O–H groups in total. The van der Waals surface area contributed by atoms with E-state index in [4.69, 9.17) is 40.9 Å². The number of aliphatic hydroxyl groups is 8. The van der Waals surface area contributed by atoms with E-state index in [9.17, 15) is 9.59 Å². The summed E-state index contributed by atoms with van der Waals surface area (Å²) >= 11 is 0. The van der Waals surface area contributed by atoms with Gasteiger partial charge in [0.2, 0.25) is 11.5 Å². The normalized spacial score (nSPS) is 24.8. The predicted octanol–water partition coefficient (Wildman–Crippen LogP) is -3.20. The van der Waals surface area contributed by atoms with Gasteiger partial charge in [-0.3, -0.25) is 0 Å². The fourth-order valence-corrected chi connectivity index (χ4v) is 1.65. The van der Waals surface area contributed by atoms with Crippen molar-refractivity contribution in [3.8, 4) is 0 Å². The predicted molar refractivity (Wildman–Crippen MR) is 76.3 cm³/mol. The molecule has 0 bridgehead atoms. The van der Waals surface area contributed by atoms with E-state index in [0.717, 1.165) is 0 Å². The topological polar surface area (TPSA) is 214 Å². The van der Waals surface area contributed by atoms with Crippen LogP contribution in [0.1, 0.15) is 0 Å². The van der Waals surface area contributed by atoms with Crippen LogP contribution in [0, 0.1) is 0 Å². The summed E-state index contributed by atoms with van der Waals surface area (Å²) in [6, 6.07) is 0. The molecule has 2 aliphatic rings. The fourth-order valence-electron chi connectivity index (χ4n) is 1.65. The largest absolute Gasteiger partial charge is 2.00 e. The quantitative estimate of drug-likeness (QED) is 0.145. The Morgan fingerprint density at radius 2 is 1.04 bits per heavy atom. The van der Waals surface area contributed by atoms with Crippen LogP contribution in [-0.2, 0) is 19.1 Å². The van der Waals surface area contributed by atoms with Crippen molar-refractivity contribution in [3.05, 3.63) is 23.0 Å². The zero-order valence-electron chi connectivity index (χ0n) is 12.6. The summed E-state index contributed by atoms with van der Waals surface area (Å²) in [5, 5.41) is 70.1. The number of carbonyl (C=O) groups excluding carboxylic acids is 2. The third-order valence-electron chi connectivity index (χ3n) is 2.95. The van der Waals surface area contributed by atoms with Crippen LogP contribution < -0.4 is 0 Å². The third kappa shape index (κ3) is 5.50. The van der Waals surface area contributed by atoms with Crippen molar-refractivity contribution in [3.63, 3.8) is 0 Å². The molecule has 0 unspecified atom stereocenters. The maximum Gasteiger partial charge on any atom is 2.00 e. The van der Waals surface area contributed by atoms with Gasteiger partial charge in [0.15, 0.2) is 23.7 Å². The van der Waals surface area contributed by atoms with Crippen molar-refractivity contribution in [2.75, 3.05) is 13.2 Å². The van der Waals surface area contributed by atoms with Crippen LogP contribution in [0.25, 0.3) is 0 Å². The Hall–Kier alpha value is -0.969. The summed E-state index contributed by atoms with van der Waals surface area (Å²) < 4.78 is 8.63. The first-order chi connectivity index (χ1) is 11.1. The summed E-state index contributed by atoms with van der Waals surface area (Å²) in [6.45, 7) is -1.34. The standard InChI is InChI=1S/2C6H8O6.Ba/c2*7-1-2(8)5-3(9)4(10)6(11)12-5;/h2*2,5,7-10H,1H2;/q;;+2/t2*2-,5-;/m11./s1. The van der Waals surface area contributed by atoms with Crippen molar-refractivity contribution in [1.29, 1.82) is 0 Å². The molecule has 136 valence electrons. The minimum atomic E-state index is -1.42. The van der Waals surface area contributed by atoms with Crippen molar-refractivity contribution in [2.24, 2.45) is 0 Å². The van der Waals surface area contributed by atoms with Crippen LogP contribution in [-0.4, -0.2) is 139 Å². The van der Waals surface area contributed by atoms with E-state index in [1.54, 1.807) is 0 Å². The molecule has 4 atom stereocenters. The van der Waals surface area contributed by atoms with Gasteiger partial charge in [-0.1, -0.05) is 0 Å². The van der Waals surface area contributed by atoms with E-state index in [2.05, 4.69) is 9.47 Å². The second-order valence-corrected chi connectivity index (χ2v) is 4.62. The zero-order valence-corrected chi connectivity index (χ0v) is 17.1. The molecule has 0 saturated carbocycles. The molecule has 0 saturated heterocycles. The van der Waals surface area contributed by atoms with Crippen molar-refractivity contribution >= 4 is 60.8 Å². The molecular formula is C12H16BaO12+2. The molecule has 0 aromatic rings. The van der Waals surface area contributed by atoms with Gasteiger partial charge < -0.3 is 50.3 Å². The third-order valence-corrected chi connectivity index (χ3v) is 2.95. The maximum absolute atomic E-state index is 10.5. The Bertz CT molecular complexity index is 520. The van der Waals surface area contributed by atoms with Crippen LogP contribution in [0.4, 0.5) is 0 Å². The molecule has 0 aliphatic carbocycles. The van der Waals surface area contributed by atoms with E-state index >= 15 is 0 Å². The van der Waals surface area contributed by atoms with E-state index in [-0.39, 0.29) is 48.9 Å². The van der Waals surface area contributed by atoms with Gasteiger partial charge in [-0.05, 0) is 0 Å². The van der Waals surface area contributed by atoms with E-state index in [1.165, 1.54) is 0 Å². The monoisotopic (exact) mass is 490 g/mol. The van der Waals surface area contributed by atoms with Gasteiger partial charge >= 0.3 is 60.8 Å². The van der Waals surface area contributed by atoms with Crippen molar-refractivity contribution in [2.45, 2.75) is 24.4 Å². The van der Waals surface area contributed by atoms with Gasteiger partial charge in [-0.25, -0.2) is 9.59 Å². The Morgan fingerprint density at radius 3 is 1.20 bits per heavy atom. The Kier molecular flexibility index (Phi) is 9.85. The number of hydrogen-bond donors (Lipinski definition) is 8. The molecule has 0 fully saturated rings. The van der Waals surface area contributed by atoms with Crippen molar-refractivity contribution < 1.29 is 59.9 Å². The first kappa shape index (κ1) is 24.0.